The van der Waals surface area contributed by atoms with Crippen LogP contribution in [0.15, 0.2) is 17.1 Å². The minimum atomic E-state index is -3.40. The first-order valence-electron chi connectivity index (χ1n) is 10.9. The van der Waals surface area contributed by atoms with Gasteiger partial charge in [0.25, 0.3) is 0 Å². The van der Waals surface area contributed by atoms with E-state index in [1.165, 1.54) is 12.3 Å². The number of ether oxygens (including phenoxy) is 1. The normalized spacial score (nSPS) is 24.3. The minimum Gasteiger partial charge on any atom is -0.421 e. The zero-order valence-corrected chi connectivity index (χ0v) is 21.2. The number of hydrogen-bond acceptors (Lipinski definition) is 6. The highest BCUT2D eigenvalue weighted by molar-refractivity contribution is 6.29. The van der Waals surface area contributed by atoms with Gasteiger partial charge in [-0.25, -0.2) is 9.36 Å². The smallest absolute Gasteiger partial charge is 0.353 e. The highest BCUT2D eigenvalue weighted by Crippen LogP contribution is 2.48. The summed E-state index contributed by atoms with van der Waals surface area (Å²) < 4.78 is 49.0. The van der Waals surface area contributed by atoms with E-state index in [9.17, 15) is 4.79 Å². The van der Waals surface area contributed by atoms with Crippen molar-refractivity contribution in [3.63, 3.8) is 0 Å². The van der Waals surface area contributed by atoms with E-state index in [1.807, 2.05) is 13.8 Å². The van der Waals surface area contributed by atoms with Crippen LogP contribution in [0.4, 0.5) is 14.6 Å². The Morgan fingerprint density at radius 1 is 1.23 bits per heavy atom. The first-order chi connectivity index (χ1) is 14.2. The summed E-state index contributed by atoms with van der Waals surface area (Å²) in [4.78, 5) is 16.1. The van der Waals surface area contributed by atoms with E-state index >= 15 is 8.78 Å². The van der Waals surface area contributed by atoms with Gasteiger partial charge in [0, 0.05) is 12.6 Å². The van der Waals surface area contributed by atoms with Crippen LogP contribution in [-0.4, -0.2) is 47.7 Å². The SMILES string of the molecule is CCC(CC)[SiH2]OCC1CC(F)(F)C(O[SiH2]C(CC)CC)(n2ccc(N)nc2=O)O1. The summed E-state index contributed by atoms with van der Waals surface area (Å²) >= 11 is 0. The van der Waals surface area contributed by atoms with Gasteiger partial charge in [-0.3, -0.25) is 0 Å². The van der Waals surface area contributed by atoms with Crippen LogP contribution >= 0.6 is 0 Å². The van der Waals surface area contributed by atoms with Gasteiger partial charge in [0.1, 0.15) is 5.82 Å². The summed E-state index contributed by atoms with van der Waals surface area (Å²) in [5, 5.41) is 0. The molecule has 1 saturated heterocycles. The van der Waals surface area contributed by atoms with Gasteiger partial charge >= 0.3 is 17.5 Å². The second-order valence-electron chi connectivity index (χ2n) is 7.95. The Hall–Kier alpha value is -1.15. The molecule has 0 bridgehead atoms. The molecule has 0 saturated carbocycles. The second kappa shape index (κ2) is 10.9. The standard InChI is InChI=1S/C19H35F2N3O4Si2/c1-5-14(6-2)29-26-12-13-11-18(20,21)19(27-13,28-30-15(7-3)8-4)24-10-9-16(22)23-17(24)25/h9-10,13-15H,5-8,11-12,29-30H2,1-4H3,(H2,22,23,25). The van der Waals surface area contributed by atoms with Gasteiger partial charge < -0.3 is 19.3 Å². The van der Waals surface area contributed by atoms with Gasteiger partial charge in [0.2, 0.25) is 0 Å². The molecule has 0 aromatic carbocycles. The van der Waals surface area contributed by atoms with Crippen LogP contribution in [-0.2, 0) is 19.5 Å². The lowest BCUT2D eigenvalue weighted by atomic mass is 10.1. The number of alkyl halides is 2. The molecule has 2 rings (SSSR count). The Labute approximate surface area is 181 Å². The first-order valence-corrected chi connectivity index (χ1v) is 13.6. The van der Waals surface area contributed by atoms with Crippen LogP contribution in [0.5, 0.6) is 0 Å². The summed E-state index contributed by atoms with van der Waals surface area (Å²) in [7, 11) is -2.26. The number of aromatic nitrogens is 2. The number of nitrogens with zero attached hydrogens (tertiary/aromatic N) is 2. The quantitative estimate of drug-likeness (QED) is 0.479. The number of hydrogen-bond donors (Lipinski definition) is 1. The lowest BCUT2D eigenvalue weighted by Crippen LogP contribution is -2.55. The van der Waals surface area contributed by atoms with Crippen LogP contribution in [0.2, 0.25) is 11.1 Å². The maximum atomic E-state index is 15.4. The Bertz CT molecular complexity index is 732. The van der Waals surface area contributed by atoms with Crippen molar-refractivity contribution in [3.8, 4) is 0 Å². The molecule has 0 spiro atoms. The molecule has 2 atom stereocenters. The van der Waals surface area contributed by atoms with Crippen molar-refractivity contribution < 1.29 is 22.4 Å². The molecule has 2 unspecified atom stereocenters. The predicted molar refractivity (Wildman–Crippen MR) is 118 cm³/mol. The molecule has 0 amide bonds. The van der Waals surface area contributed by atoms with Gasteiger partial charge in [-0.2, -0.15) is 13.8 Å². The number of halogens is 2. The van der Waals surface area contributed by atoms with Crippen molar-refractivity contribution in [2.75, 3.05) is 12.3 Å². The second-order valence-corrected chi connectivity index (χ2v) is 11.6. The van der Waals surface area contributed by atoms with Gasteiger partial charge in [0.05, 0.1) is 12.7 Å². The molecule has 172 valence electrons. The van der Waals surface area contributed by atoms with E-state index in [-0.39, 0.29) is 18.0 Å². The van der Waals surface area contributed by atoms with Crippen LogP contribution in [0.3, 0.4) is 0 Å². The molecular weight excluding hydrogens is 428 g/mol. The molecule has 11 heteroatoms. The Morgan fingerprint density at radius 2 is 1.83 bits per heavy atom. The fourth-order valence-corrected chi connectivity index (χ4v) is 6.14. The lowest BCUT2D eigenvalue weighted by molar-refractivity contribution is -0.321. The zero-order chi connectivity index (χ0) is 22.4. The Balaban J connectivity index is 2.29. The fraction of sp³-hybridized carbons (Fsp3) is 0.789. The topological polar surface area (TPSA) is 88.6 Å². The van der Waals surface area contributed by atoms with E-state index in [2.05, 4.69) is 18.8 Å². The summed E-state index contributed by atoms with van der Waals surface area (Å²) in [6.07, 6.45) is 3.44. The third kappa shape index (κ3) is 5.55. The summed E-state index contributed by atoms with van der Waals surface area (Å²) in [5.74, 6) is -5.94. The highest BCUT2D eigenvalue weighted by atomic mass is 28.2. The van der Waals surface area contributed by atoms with Crippen molar-refractivity contribution in [1.29, 1.82) is 0 Å². The van der Waals surface area contributed by atoms with E-state index in [0.717, 1.165) is 30.3 Å². The Morgan fingerprint density at radius 3 is 2.40 bits per heavy atom. The van der Waals surface area contributed by atoms with E-state index in [1.54, 1.807) is 0 Å². The average molecular weight is 464 g/mol. The van der Waals surface area contributed by atoms with E-state index in [0.29, 0.717) is 5.54 Å². The van der Waals surface area contributed by atoms with Crippen LogP contribution in [0.25, 0.3) is 0 Å². The van der Waals surface area contributed by atoms with Crippen molar-refractivity contribution in [3.05, 3.63) is 22.7 Å². The third-order valence-electron chi connectivity index (χ3n) is 5.90. The molecule has 0 aliphatic carbocycles. The first kappa shape index (κ1) is 25.1. The molecular formula is C19H35F2N3O4Si2. The van der Waals surface area contributed by atoms with Crippen LogP contribution in [0.1, 0.15) is 59.8 Å². The molecule has 2 heterocycles. The molecule has 1 aliphatic rings. The monoisotopic (exact) mass is 463 g/mol. The summed E-state index contributed by atoms with van der Waals surface area (Å²) in [6, 6.07) is 1.30. The van der Waals surface area contributed by atoms with Gasteiger partial charge in [-0.1, -0.05) is 53.4 Å². The molecule has 1 fully saturated rings. The summed E-state index contributed by atoms with van der Waals surface area (Å²) in [5.41, 5.74) is 5.35. The van der Waals surface area contributed by atoms with Crippen LogP contribution in [0, 0.1) is 0 Å². The van der Waals surface area contributed by atoms with Crippen molar-refractivity contribution >= 4 is 25.3 Å². The molecule has 7 nitrogen and oxygen atoms in total. The fourth-order valence-electron chi connectivity index (χ4n) is 3.59. The molecule has 1 aromatic heterocycles. The molecule has 1 aromatic rings. The number of anilines is 1. The highest BCUT2D eigenvalue weighted by Gasteiger charge is 2.65. The molecule has 0 radical (unpaired) electrons. The van der Waals surface area contributed by atoms with Crippen molar-refractivity contribution in [2.24, 2.45) is 0 Å². The number of nitrogens with two attached hydrogens (primary N) is 1. The minimum absolute atomic E-state index is 0.0407. The maximum absolute atomic E-state index is 15.4. The van der Waals surface area contributed by atoms with Crippen molar-refractivity contribution in [2.45, 2.75) is 88.8 Å². The van der Waals surface area contributed by atoms with Gasteiger partial charge in [-0.05, 0) is 17.1 Å². The van der Waals surface area contributed by atoms with Gasteiger partial charge in [0.15, 0.2) is 19.5 Å². The molecule has 1 aliphatic heterocycles. The van der Waals surface area contributed by atoms with E-state index in [4.69, 9.17) is 19.3 Å². The predicted octanol–water partition coefficient (Wildman–Crippen LogP) is 2.28. The zero-order valence-electron chi connectivity index (χ0n) is 18.4. The number of nitrogen functional groups attached to an aromatic ring is 1. The van der Waals surface area contributed by atoms with Crippen molar-refractivity contribution in [1.82, 2.24) is 9.55 Å². The number of rotatable bonds is 12. The molecule has 30 heavy (non-hydrogen) atoms. The maximum Gasteiger partial charge on any atom is 0.353 e. The average Bonchev–Trinajstić information content (AvgIpc) is 2.96. The largest absolute Gasteiger partial charge is 0.421 e. The molecule has 2 N–H and O–H groups in total. The van der Waals surface area contributed by atoms with E-state index < -0.39 is 49.6 Å². The van der Waals surface area contributed by atoms with Crippen LogP contribution < -0.4 is 11.4 Å². The van der Waals surface area contributed by atoms with Gasteiger partial charge in [-0.15, -0.1) is 0 Å². The summed E-state index contributed by atoms with van der Waals surface area (Å²) in [6.45, 7) is 8.29. The Kier molecular flexibility index (Phi) is 9.16. The third-order valence-corrected chi connectivity index (χ3v) is 10.2. The lowest BCUT2D eigenvalue weighted by Gasteiger charge is -2.36.